The van der Waals surface area contributed by atoms with E-state index in [2.05, 4.69) is 31.3 Å². The third kappa shape index (κ3) is 2.25. The summed E-state index contributed by atoms with van der Waals surface area (Å²) in [6.07, 6.45) is 1.42. The van der Waals surface area contributed by atoms with Gasteiger partial charge in [0.25, 0.3) is 0 Å². The molecule has 1 aromatic rings. The van der Waals surface area contributed by atoms with Gasteiger partial charge in [0.15, 0.2) is 5.82 Å². The lowest BCUT2D eigenvalue weighted by molar-refractivity contribution is -0.136. The molecule has 1 amide bonds. The molecule has 2 rings (SSSR count). The lowest BCUT2D eigenvalue weighted by atomic mass is 9.98. The number of rotatable bonds is 2. The number of nitrogens with zero attached hydrogens (tertiary/aromatic N) is 4. The molecular formula is C11H17BrN6O. The normalized spacial score (nSPS) is 18.7. The molecule has 0 aliphatic carbocycles. The summed E-state index contributed by atoms with van der Waals surface area (Å²) in [5.41, 5.74) is 1.85. The Balaban J connectivity index is 2.44. The van der Waals surface area contributed by atoms with Gasteiger partial charge in [-0.2, -0.15) is 0 Å². The number of amides is 1. The Labute approximate surface area is 120 Å². The summed E-state index contributed by atoms with van der Waals surface area (Å²) < 4.78 is 0.655. The van der Waals surface area contributed by atoms with Crippen molar-refractivity contribution < 1.29 is 4.79 Å². The first-order valence-corrected chi connectivity index (χ1v) is 6.69. The molecule has 0 unspecified atom stereocenters. The summed E-state index contributed by atoms with van der Waals surface area (Å²) in [5, 5.41) is 0. The van der Waals surface area contributed by atoms with Crippen molar-refractivity contribution in [3.05, 3.63) is 10.8 Å². The van der Waals surface area contributed by atoms with E-state index in [1.807, 2.05) is 25.8 Å². The van der Waals surface area contributed by atoms with E-state index in [0.29, 0.717) is 29.2 Å². The van der Waals surface area contributed by atoms with E-state index in [1.54, 1.807) is 4.90 Å². The van der Waals surface area contributed by atoms with Crippen molar-refractivity contribution in [1.29, 1.82) is 0 Å². The number of nitrogens with two attached hydrogens (primary N) is 1. The van der Waals surface area contributed by atoms with E-state index in [1.165, 1.54) is 6.33 Å². The fraction of sp³-hybridized carbons (Fsp3) is 0.545. The van der Waals surface area contributed by atoms with E-state index >= 15 is 0 Å². The molecule has 0 bridgehead atoms. The van der Waals surface area contributed by atoms with Crippen LogP contribution in [0.1, 0.15) is 13.8 Å². The van der Waals surface area contributed by atoms with E-state index in [9.17, 15) is 4.79 Å². The molecule has 2 heterocycles. The van der Waals surface area contributed by atoms with Crippen LogP contribution in [0.15, 0.2) is 10.8 Å². The number of anilines is 2. The van der Waals surface area contributed by atoms with Crippen molar-refractivity contribution >= 4 is 33.5 Å². The highest BCUT2D eigenvalue weighted by Gasteiger charge is 2.42. The fourth-order valence-corrected chi connectivity index (χ4v) is 2.77. The fourth-order valence-electron chi connectivity index (χ4n) is 2.23. The number of hydrazine groups is 1. The molecule has 19 heavy (non-hydrogen) atoms. The van der Waals surface area contributed by atoms with Gasteiger partial charge in [-0.25, -0.2) is 15.8 Å². The number of carbonyl (C=O) groups is 1. The van der Waals surface area contributed by atoms with Gasteiger partial charge in [-0.05, 0) is 29.8 Å². The number of nitrogen functional groups attached to an aromatic ring is 1. The number of hydrogen-bond acceptors (Lipinski definition) is 6. The van der Waals surface area contributed by atoms with Gasteiger partial charge in [0.2, 0.25) is 5.91 Å². The average Bonchev–Trinajstić information content (AvgIpc) is 2.37. The number of hydrogen-bond donors (Lipinski definition) is 2. The topological polar surface area (TPSA) is 87.4 Å². The van der Waals surface area contributed by atoms with Crippen LogP contribution in [-0.4, -0.2) is 46.5 Å². The van der Waals surface area contributed by atoms with Crippen LogP contribution < -0.4 is 16.2 Å². The number of piperazine rings is 1. The van der Waals surface area contributed by atoms with Crippen LogP contribution in [0, 0.1) is 0 Å². The number of aromatic nitrogens is 2. The Morgan fingerprint density at radius 2 is 2.11 bits per heavy atom. The molecule has 7 nitrogen and oxygen atoms in total. The second kappa shape index (κ2) is 4.93. The SMILES string of the molecule is CN1CCN(c2ncnc(NN)c2Br)C(C)(C)C1=O. The van der Waals surface area contributed by atoms with Gasteiger partial charge >= 0.3 is 0 Å². The van der Waals surface area contributed by atoms with Crippen LogP contribution in [0.25, 0.3) is 0 Å². The Bertz CT molecular complexity index is 506. The minimum atomic E-state index is -0.657. The van der Waals surface area contributed by atoms with Crippen LogP contribution in [0.4, 0.5) is 11.6 Å². The van der Waals surface area contributed by atoms with Crippen LogP contribution in [0.5, 0.6) is 0 Å². The van der Waals surface area contributed by atoms with Crippen molar-refractivity contribution in [1.82, 2.24) is 14.9 Å². The minimum absolute atomic E-state index is 0.0616. The highest BCUT2D eigenvalue weighted by atomic mass is 79.9. The summed E-state index contributed by atoms with van der Waals surface area (Å²) in [6, 6.07) is 0. The van der Waals surface area contributed by atoms with Crippen LogP contribution in [-0.2, 0) is 4.79 Å². The van der Waals surface area contributed by atoms with Crippen LogP contribution in [0.2, 0.25) is 0 Å². The third-order valence-corrected chi connectivity index (χ3v) is 4.10. The first kappa shape index (κ1) is 14.0. The Morgan fingerprint density at radius 3 is 2.74 bits per heavy atom. The molecular weight excluding hydrogens is 312 g/mol. The molecule has 1 aromatic heterocycles. The maximum atomic E-state index is 12.3. The van der Waals surface area contributed by atoms with E-state index < -0.39 is 5.54 Å². The van der Waals surface area contributed by atoms with Crippen molar-refractivity contribution in [3.8, 4) is 0 Å². The molecule has 0 spiro atoms. The second-order valence-corrected chi connectivity index (χ2v) is 5.73. The van der Waals surface area contributed by atoms with Gasteiger partial charge in [0.1, 0.15) is 22.2 Å². The van der Waals surface area contributed by atoms with Gasteiger partial charge in [-0.3, -0.25) is 4.79 Å². The molecule has 0 aromatic carbocycles. The Kier molecular flexibility index (Phi) is 3.64. The molecule has 8 heteroatoms. The van der Waals surface area contributed by atoms with Gasteiger partial charge in [0.05, 0.1) is 0 Å². The number of halogens is 1. The molecule has 0 radical (unpaired) electrons. The summed E-state index contributed by atoms with van der Waals surface area (Å²) in [5.74, 6) is 6.62. The largest absolute Gasteiger partial charge is 0.342 e. The van der Waals surface area contributed by atoms with Crippen LogP contribution in [0.3, 0.4) is 0 Å². The Morgan fingerprint density at radius 1 is 1.42 bits per heavy atom. The standard InChI is InChI=1S/C11H17BrN6O/c1-11(2)10(19)17(3)4-5-18(11)9-7(12)8(16-13)14-6-15-9/h6H,4-5,13H2,1-3H3,(H,14,15,16). The minimum Gasteiger partial charge on any atom is -0.342 e. The number of nitrogens with one attached hydrogen (secondary N) is 1. The van der Waals surface area contributed by atoms with Crippen molar-refractivity contribution in [3.63, 3.8) is 0 Å². The monoisotopic (exact) mass is 328 g/mol. The number of carbonyl (C=O) groups excluding carboxylic acids is 1. The first-order valence-electron chi connectivity index (χ1n) is 5.90. The van der Waals surface area contributed by atoms with Gasteiger partial charge in [-0.1, -0.05) is 0 Å². The lowest BCUT2D eigenvalue weighted by Crippen LogP contribution is -2.62. The quantitative estimate of drug-likeness (QED) is 0.610. The second-order valence-electron chi connectivity index (χ2n) is 4.94. The van der Waals surface area contributed by atoms with Gasteiger partial charge in [-0.15, -0.1) is 0 Å². The zero-order valence-corrected chi connectivity index (χ0v) is 12.7. The van der Waals surface area contributed by atoms with Crippen molar-refractivity contribution in [2.75, 3.05) is 30.5 Å². The molecule has 104 valence electrons. The predicted octanol–water partition coefficient (Wildman–Crippen LogP) is 0.582. The average molecular weight is 329 g/mol. The summed E-state index contributed by atoms with van der Waals surface area (Å²) in [6.45, 7) is 5.13. The highest BCUT2D eigenvalue weighted by Crippen LogP contribution is 2.34. The zero-order valence-electron chi connectivity index (χ0n) is 11.1. The zero-order chi connectivity index (χ0) is 14.2. The summed E-state index contributed by atoms with van der Waals surface area (Å²) >= 11 is 3.43. The smallest absolute Gasteiger partial charge is 0.247 e. The highest BCUT2D eigenvalue weighted by molar-refractivity contribution is 9.10. The van der Waals surface area contributed by atoms with E-state index in [4.69, 9.17) is 5.84 Å². The Hall–Kier alpha value is -1.41. The molecule has 1 aliphatic heterocycles. The third-order valence-electron chi connectivity index (χ3n) is 3.37. The first-order chi connectivity index (χ1) is 8.89. The van der Waals surface area contributed by atoms with Crippen LogP contribution >= 0.6 is 15.9 Å². The molecule has 1 fully saturated rings. The van der Waals surface area contributed by atoms with Gasteiger partial charge in [0, 0.05) is 20.1 Å². The molecule has 1 aliphatic rings. The summed E-state index contributed by atoms with van der Waals surface area (Å²) in [7, 11) is 1.81. The van der Waals surface area contributed by atoms with Gasteiger partial charge < -0.3 is 15.2 Å². The summed E-state index contributed by atoms with van der Waals surface area (Å²) in [4.78, 5) is 24.3. The maximum absolute atomic E-state index is 12.3. The van der Waals surface area contributed by atoms with Crippen molar-refractivity contribution in [2.24, 2.45) is 5.84 Å². The number of likely N-dealkylation sites (N-methyl/N-ethyl adjacent to an activating group) is 1. The van der Waals surface area contributed by atoms with E-state index in [-0.39, 0.29) is 5.91 Å². The predicted molar refractivity (Wildman–Crippen MR) is 76.6 cm³/mol. The molecule has 0 saturated carbocycles. The lowest BCUT2D eigenvalue weighted by Gasteiger charge is -2.45. The molecule has 3 N–H and O–H groups in total. The maximum Gasteiger partial charge on any atom is 0.247 e. The molecule has 0 atom stereocenters. The van der Waals surface area contributed by atoms with E-state index in [0.717, 1.165) is 0 Å². The van der Waals surface area contributed by atoms with Crippen molar-refractivity contribution in [2.45, 2.75) is 19.4 Å². The molecule has 1 saturated heterocycles.